The number of aromatic nitrogens is 4. The maximum absolute atomic E-state index is 12.0. The minimum atomic E-state index is -0.231. The van der Waals surface area contributed by atoms with Crippen molar-refractivity contribution in [3.8, 4) is 28.4 Å². The molecule has 2 heterocycles. The number of rotatable bonds is 6. The molecule has 2 aromatic heterocycles. The van der Waals surface area contributed by atoms with Crippen molar-refractivity contribution in [2.75, 3.05) is 7.11 Å². The number of nitrogens with one attached hydrogen (secondary N) is 1. The maximum atomic E-state index is 12.0. The van der Waals surface area contributed by atoms with Crippen molar-refractivity contribution in [1.82, 2.24) is 20.1 Å². The van der Waals surface area contributed by atoms with E-state index in [4.69, 9.17) is 9.26 Å². The van der Waals surface area contributed by atoms with E-state index in [1.54, 1.807) is 7.11 Å². The zero-order chi connectivity index (χ0) is 19.3. The normalized spacial score (nSPS) is 10.8. The summed E-state index contributed by atoms with van der Waals surface area (Å²) in [5, 5.41) is 4.47. The number of hydrogen-bond acceptors (Lipinski definition) is 7. The predicted octanol–water partition coefficient (Wildman–Crippen LogP) is 3.79. The molecule has 0 aliphatic rings. The second kappa shape index (κ2) is 8.10. The van der Waals surface area contributed by atoms with Gasteiger partial charge in [-0.3, -0.25) is 4.79 Å². The molecule has 140 valence electrons. The van der Waals surface area contributed by atoms with Gasteiger partial charge in [-0.1, -0.05) is 59.4 Å². The summed E-state index contributed by atoms with van der Waals surface area (Å²) < 4.78 is 10.5. The number of hydrogen-bond donors (Lipinski definition) is 1. The van der Waals surface area contributed by atoms with E-state index < -0.39 is 0 Å². The number of nitrogens with zero attached hydrogens (tertiary/aromatic N) is 3. The number of thioether (sulfide) groups is 1. The molecule has 0 saturated heterocycles. The van der Waals surface area contributed by atoms with Crippen LogP contribution in [0.25, 0.3) is 22.6 Å². The van der Waals surface area contributed by atoms with Crippen LogP contribution in [0.3, 0.4) is 0 Å². The van der Waals surface area contributed by atoms with Crippen molar-refractivity contribution in [1.29, 1.82) is 0 Å². The van der Waals surface area contributed by atoms with Gasteiger partial charge in [0.15, 0.2) is 5.16 Å². The van der Waals surface area contributed by atoms with Crippen LogP contribution in [-0.4, -0.2) is 27.2 Å². The molecule has 0 aliphatic carbocycles. The number of methoxy groups -OCH3 is 1. The average Bonchev–Trinajstić information content (AvgIpc) is 3.22. The minimum Gasteiger partial charge on any atom is -0.497 e. The molecule has 7 nitrogen and oxygen atoms in total. The first kappa shape index (κ1) is 18.0. The lowest BCUT2D eigenvalue weighted by molar-refractivity contribution is 0.391. The number of H-pyrrole nitrogens is 1. The largest absolute Gasteiger partial charge is 0.497 e. The Bertz CT molecular complexity index is 1140. The molecule has 1 N–H and O–H groups in total. The molecular formula is C20H16N4O3S. The zero-order valence-corrected chi connectivity index (χ0v) is 15.8. The van der Waals surface area contributed by atoms with Gasteiger partial charge in [-0.05, 0) is 12.1 Å². The molecule has 0 amide bonds. The first-order valence-electron chi connectivity index (χ1n) is 8.48. The molecule has 2 aromatic carbocycles. The van der Waals surface area contributed by atoms with Crippen LogP contribution in [0.5, 0.6) is 5.75 Å². The molecule has 0 bridgehead atoms. The molecule has 0 radical (unpaired) electrons. The first-order valence-corrected chi connectivity index (χ1v) is 9.46. The molecule has 0 fully saturated rings. The molecule has 4 aromatic rings. The molecule has 4 rings (SSSR count). The van der Waals surface area contributed by atoms with Gasteiger partial charge in [0.2, 0.25) is 11.7 Å². The zero-order valence-electron chi connectivity index (χ0n) is 15.0. The molecule has 0 spiro atoms. The molecule has 0 aliphatic heterocycles. The van der Waals surface area contributed by atoms with Gasteiger partial charge >= 0.3 is 0 Å². The van der Waals surface area contributed by atoms with E-state index in [9.17, 15) is 4.79 Å². The Morgan fingerprint density at radius 2 is 1.86 bits per heavy atom. The van der Waals surface area contributed by atoms with E-state index in [1.807, 2.05) is 54.6 Å². The van der Waals surface area contributed by atoms with Crippen LogP contribution >= 0.6 is 11.8 Å². The quantitative estimate of drug-likeness (QED) is 0.394. The Hall–Kier alpha value is -3.39. The lowest BCUT2D eigenvalue weighted by Crippen LogP contribution is -2.08. The molecule has 0 atom stereocenters. The fraction of sp³-hybridized carbons (Fsp3) is 0.100. The van der Waals surface area contributed by atoms with Crippen molar-refractivity contribution in [2.45, 2.75) is 10.9 Å². The van der Waals surface area contributed by atoms with Crippen molar-refractivity contribution >= 4 is 11.8 Å². The highest BCUT2D eigenvalue weighted by molar-refractivity contribution is 7.98. The molecule has 0 unspecified atom stereocenters. The van der Waals surface area contributed by atoms with Crippen LogP contribution < -0.4 is 10.3 Å². The van der Waals surface area contributed by atoms with Crippen LogP contribution in [-0.2, 0) is 5.75 Å². The summed E-state index contributed by atoms with van der Waals surface area (Å²) in [5.41, 5.74) is 2.02. The first-order chi connectivity index (χ1) is 13.7. The molecule has 0 saturated carbocycles. The third-order valence-electron chi connectivity index (χ3n) is 3.92. The van der Waals surface area contributed by atoms with E-state index >= 15 is 0 Å². The van der Waals surface area contributed by atoms with E-state index in [0.717, 1.165) is 11.1 Å². The summed E-state index contributed by atoms with van der Waals surface area (Å²) >= 11 is 1.32. The monoisotopic (exact) mass is 392 g/mol. The van der Waals surface area contributed by atoms with Gasteiger partial charge in [-0.2, -0.15) is 4.98 Å². The number of benzene rings is 2. The minimum absolute atomic E-state index is 0.231. The average molecular weight is 392 g/mol. The maximum Gasteiger partial charge on any atom is 0.252 e. The van der Waals surface area contributed by atoms with Crippen molar-refractivity contribution < 1.29 is 9.26 Å². The van der Waals surface area contributed by atoms with Gasteiger partial charge in [0, 0.05) is 17.2 Å². The Labute approximate surface area is 164 Å². The van der Waals surface area contributed by atoms with Gasteiger partial charge in [0.05, 0.1) is 18.6 Å². The van der Waals surface area contributed by atoms with Crippen molar-refractivity contribution in [2.24, 2.45) is 0 Å². The van der Waals surface area contributed by atoms with Gasteiger partial charge in [0.25, 0.3) is 5.56 Å². The number of ether oxygens (including phenoxy) is 1. The molecule has 8 heteroatoms. The highest BCUT2D eigenvalue weighted by Gasteiger charge is 2.11. The molecule has 28 heavy (non-hydrogen) atoms. The Kier molecular flexibility index (Phi) is 5.20. The summed E-state index contributed by atoms with van der Waals surface area (Å²) in [7, 11) is 1.60. The summed E-state index contributed by atoms with van der Waals surface area (Å²) in [6.45, 7) is 0. The van der Waals surface area contributed by atoms with Crippen molar-refractivity contribution in [3.63, 3.8) is 0 Å². The highest BCUT2D eigenvalue weighted by atomic mass is 32.2. The van der Waals surface area contributed by atoms with Crippen LogP contribution in [0.4, 0.5) is 0 Å². The second-order valence-electron chi connectivity index (χ2n) is 5.83. The van der Waals surface area contributed by atoms with E-state index in [1.165, 1.54) is 17.8 Å². The number of aromatic amines is 1. The van der Waals surface area contributed by atoms with E-state index in [0.29, 0.717) is 34.1 Å². The molecular weight excluding hydrogens is 376 g/mol. The van der Waals surface area contributed by atoms with Gasteiger partial charge in [-0.25, -0.2) is 4.98 Å². The topological polar surface area (TPSA) is 93.9 Å². The fourth-order valence-electron chi connectivity index (χ4n) is 2.58. The van der Waals surface area contributed by atoms with Crippen LogP contribution in [0, 0.1) is 0 Å². The summed E-state index contributed by atoms with van der Waals surface area (Å²) in [6.07, 6.45) is 0. The summed E-state index contributed by atoms with van der Waals surface area (Å²) in [6, 6.07) is 18.5. The lowest BCUT2D eigenvalue weighted by Gasteiger charge is -2.05. The third-order valence-corrected chi connectivity index (χ3v) is 4.78. The van der Waals surface area contributed by atoms with Gasteiger partial charge < -0.3 is 14.2 Å². The second-order valence-corrected chi connectivity index (χ2v) is 6.80. The summed E-state index contributed by atoms with van der Waals surface area (Å²) in [5.74, 6) is 2.08. The van der Waals surface area contributed by atoms with E-state index in [-0.39, 0.29) is 5.56 Å². The van der Waals surface area contributed by atoms with Crippen LogP contribution in [0.1, 0.15) is 5.89 Å². The van der Waals surface area contributed by atoms with E-state index in [2.05, 4.69) is 20.1 Å². The third kappa shape index (κ3) is 4.12. The smallest absolute Gasteiger partial charge is 0.252 e. The van der Waals surface area contributed by atoms with Crippen molar-refractivity contribution in [3.05, 3.63) is 76.9 Å². The van der Waals surface area contributed by atoms with Gasteiger partial charge in [-0.15, -0.1) is 0 Å². The van der Waals surface area contributed by atoms with Gasteiger partial charge in [0.1, 0.15) is 5.75 Å². The van der Waals surface area contributed by atoms with Crippen LogP contribution in [0.2, 0.25) is 0 Å². The highest BCUT2D eigenvalue weighted by Crippen LogP contribution is 2.24. The Morgan fingerprint density at radius 1 is 1.04 bits per heavy atom. The summed E-state index contributed by atoms with van der Waals surface area (Å²) in [4.78, 5) is 23.7. The SMILES string of the molecule is COc1cccc(-c2cc(=O)[nH]c(SCc3nc(-c4ccccc4)no3)n2)c1. The van der Waals surface area contributed by atoms with Crippen LogP contribution in [0.15, 0.2) is 75.1 Å². The Morgan fingerprint density at radius 3 is 2.68 bits per heavy atom. The lowest BCUT2D eigenvalue weighted by atomic mass is 10.1. The predicted molar refractivity (Wildman–Crippen MR) is 106 cm³/mol. The standard InChI is InChI=1S/C20H16N4O3S/c1-26-15-9-5-8-14(10-15)16-11-17(25)22-20(21-16)28-12-18-23-19(24-27-18)13-6-3-2-4-7-13/h2-11H,12H2,1H3,(H,21,22,25). The Balaban J connectivity index is 1.52. The fourth-order valence-corrected chi connectivity index (χ4v) is 3.30.